The summed E-state index contributed by atoms with van der Waals surface area (Å²) in [6, 6.07) is 11.5. The van der Waals surface area contributed by atoms with Gasteiger partial charge in [0.15, 0.2) is 0 Å². The van der Waals surface area contributed by atoms with Crippen LogP contribution in [0.2, 0.25) is 5.02 Å². The Morgan fingerprint density at radius 1 is 1.24 bits per heavy atom. The number of hydrogen-bond acceptors (Lipinski definition) is 5. The van der Waals surface area contributed by atoms with Crippen LogP contribution in [0.5, 0.6) is 5.75 Å². The van der Waals surface area contributed by atoms with Gasteiger partial charge in [0.05, 0.1) is 12.7 Å². The number of hydrogen-bond donors (Lipinski definition) is 2. The van der Waals surface area contributed by atoms with Gasteiger partial charge < -0.3 is 20.2 Å². The quantitative estimate of drug-likeness (QED) is 0.683. The molecule has 3 rings (SSSR count). The van der Waals surface area contributed by atoms with E-state index < -0.39 is 11.5 Å². The largest absolute Gasteiger partial charge is 0.497 e. The molecule has 0 aliphatic rings. The monoisotopic (exact) mass is 358 g/mol. The number of nitrogens with two attached hydrogens (primary N) is 1. The lowest BCUT2D eigenvalue weighted by molar-refractivity contribution is 0.100. The number of carbonyl (C=O) groups excluding carboxylic acids is 1. The van der Waals surface area contributed by atoms with Crippen molar-refractivity contribution in [2.75, 3.05) is 12.4 Å². The second-order valence-electron chi connectivity index (χ2n) is 5.36. The summed E-state index contributed by atoms with van der Waals surface area (Å²) in [6.45, 7) is 0.302. The number of benzene rings is 2. The van der Waals surface area contributed by atoms with Crippen LogP contribution in [0.25, 0.3) is 11.0 Å². The minimum atomic E-state index is -0.591. The molecule has 0 spiro atoms. The zero-order chi connectivity index (χ0) is 18.0. The summed E-state index contributed by atoms with van der Waals surface area (Å²) in [5.41, 5.74) is 6.87. The zero-order valence-corrected chi connectivity index (χ0v) is 14.1. The normalized spacial score (nSPS) is 10.6. The molecule has 2 aromatic carbocycles. The van der Waals surface area contributed by atoms with E-state index in [1.54, 1.807) is 24.3 Å². The average Bonchev–Trinajstić information content (AvgIpc) is 2.59. The predicted octanol–water partition coefficient (Wildman–Crippen LogP) is 3.17. The van der Waals surface area contributed by atoms with Crippen LogP contribution in [0.3, 0.4) is 0 Å². The first-order chi connectivity index (χ1) is 12.0. The molecule has 0 unspecified atom stereocenters. The predicted molar refractivity (Wildman–Crippen MR) is 96.3 cm³/mol. The topological polar surface area (TPSA) is 94.6 Å². The molecule has 0 saturated heterocycles. The van der Waals surface area contributed by atoms with Crippen LogP contribution in [0, 0.1) is 0 Å². The van der Waals surface area contributed by atoms with Crippen molar-refractivity contribution in [2.24, 2.45) is 5.73 Å². The van der Waals surface area contributed by atoms with Crippen LogP contribution in [0.4, 0.5) is 5.69 Å². The summed E-state index contributed by atoms with van der Waals surface area (Å²) >= 11 is 5.90. The number of nitrogens with one attached hydrogen (secondary N) is 1. The molecule has 1 amide bonds. The Kier molecular flexibility index (Phi) is 4.63. The molecule has 0 aliphatic carbocycles. The average molecular weight is 359 g/mol. The van der Waals surface area contributed by atoms with Crippen LogP contribution in [-0.4, -0.2) is 13.0 Å². The van der Waals surface area contributed by atoms with Crippen molar-refractivity contribution in [1.29, 1.82) is 0 Å². The number of anilines is 1. The molecule has 0 aliphatic heterocycles. The Hall–Kier alpha value is -2.99. The maximum atomic E-state index is 11.8. The summed E-state index contributed by atoms with van der Waals surface area (Å²) in [5, 5.41) is 4.30. The lowest BCUT2D eigenvalue weighted by Crippen LogP contribution is -2.15. The minimum Gasteiger partial charge on any atom is -0.497 e. The molecular formula is C18H15ClN2O4. The molecule has 0 atom stereocenters. The van der Waals surface area contributed by atoms with E-state index in [0.717, 1.165) is 10.9 Å². The van der Waals surface area contributed by atoms with E-state index in [2.05, 4.69) is 5.32 Å². The van der Waals surface area contributed by atoms with Gasteiger partial charge in [0.25, 0.3) is 5.91 Å². The molecule has 3 aromatic rings. The highest BCUT2D eigenvalue weighted by atomic mass is 35.5. The van der Waals surface area contributed by atoms with Gasteiger partial charge in [-0.3, -0.25) is 4.79 Å². The number of fused-ring (bicyclic) bond motifs is 1. The highest BCUT2D eigenvalue weighted by Crippen LogP contribution is 2.25. The van der Waals surface area contributed by atoms with Crippen LogP contribution >= 0.6 is 11.6 Å². The fourth-order valence-electron chi connectivity index (χ4n) is 2.55. The second-order valence-corrected chi connectivity index (χ2v) is 5.80. The molecule has 3 N–H and O–H groups in total. The van der Waals surface area contributed by atoms with E-state index in [1.165, 1.54) is 19.2 Å². The van der Waals surface area contributed by atoms with Crippen LogP contribution < -0.4 is 21.4 Å². The Morgan fingerprint density at radius 3 is 2.76 bits per heavy atom. The van der Waals surface area contributed by atoms with Crippen molar-refractivity contribution in [3.05, 3.63) is 69.0 Å². The maximum absolute atomic E-state index is 11.8. The van der Waals surface area contributed by atoms with Gasteiger partial charge in [0, 0.05) is 34.8 Å². The van der Waals surface area contributed by atoms with Crippen molar-refractivity contribution in [3.63, 3.8) is 0 Å². The third-order valence-electron chi connectivity index (χ3n) is 3.75. The third kappa shape index (κ3) is 3.59. The van der Waals surface area contributed by atoms with Gasteiger partial charge in [-0.25, -0.2) is 4.79 Å². The Morgan fingerprint density at radius 2 is 2.04 bits per heavy atom. The summed E-state index contributed by atoms with van der Waals surface area (Å²) in [6.07, 6.45) is 0. The summed E-state index contributed by atoms with van der Waals surface area (Å²) in [4.78, 5) is 23.4. The standard InChI is InChI=1S/C18H15ClN2O4/c1-24-12-3-4-13-10(6-17(22)25-16(13)8-12)9-21-15-5-2-11(19)7-14(15)18(20)23/h2-8,21H,9H2,1H3,(H2,20,23). The molecular weight excluding hydrogens is 344 g/mol. The zero-order valence-electron chi connectivity index (χ0n) is 13.3. The molecule has 6 nitrogen and oxygen atoms in total. The van der Waals surface area contributed by atoms with Gasteiger partial charge in [0.2, 0.25) is 0 Å². The molecule has 0 saturated carbocycles. The van der Waals surface area contributed by atoms with E-state index in [1.807, 2.05) is 6.07 Å². The first-order valence-corrected chi connectivity index (χ1v) is 7.80. The smallest absolute Gasteiger partial charge is 0.336 e. The Balaban J connectivity index is 1.97. The minimum absolute atomic E-state index is 0.279. The number of ether oxygens (including phenoxy) is 1. The highest BCUT2D eigenvalue weighted by molar-refractivity contribution is 6.31. The first kappa shape index (κ1) is 16.9. The molecule has 0 bridgehead atoms. The summed E-state index contributed by atoms with van der Waals surface area (Å²) in [7, 11) is 1.54. The second kappa shape index (κ2) is 6.86. The lowest BCUT2D eigenvalue weighted by Gasteiger charge is -2.12. The summed E-state index contributed by atoms with van der Waals surface area (Å²) < 4.78 is 10.4. The van der Waals surface area contributed by atoms with E-state index >= 15 is 0 Å². The fourth-order valence-corrected chi connectivity index (χ4v) is 2.72. The van der Waals surface area contributed by atoms with Crippen LogP contribution in [-0.2, 0) is 6.54 Å². The lowest BCUT2D eigenvalue weighted by atomic mass is 10.1. The maximum Gasteiger partial charge on any atom is 0.336 e. The van der Waals surface area contributed by atoms with E-state index in [-0.39, 0.29) is 5.56 Å². The van der Waals surface area contributed by atoms with Crippen LogP contribution in [0.1, 0.15) is 15.9 Å². The molecule has 1 aromatic heterocycles. The number of rotatable bonds is 5. The van der Waals surface area contributed by atoms with Gasteiger partial charge >= 0.3 is 5.63 Å². The van der Waals surface area contributed by atoms with Gasteiger partial charge in [-0.05, 0) is 35.9 Å². The van der Waals surface area contributed by atoms with E-state index in [4.69, 9.17) is 26.5 Å². The fraction of sp³-hybridized carbons (Fsp3) is 0.111. The van der Waals surface area contributed by atoms with Crippen molar-refractivity contribution >= 4 is 34.2 Å². The van der Waals surface area contributed by atoms with E-state index in [0.29, 0.717) is 28.6 Å². The van der Waals surface area contributed by atoms with Crippen molar-refractivity contribution < 1.29 is 13.9 Å². The molecule has 7 heteroatoms. The number of methoxy groups -OCH3 is 1. The Labute approximate surface area is 148 Å². The Bertz CT molecular complexity index is 1010. The number of halogens is 1. The van der Waals surface area contributed by atoms with E-state index in [9.17, 15) is 9.59 Å². The van der Waals surface area contributed by atoms with Crippen molar-refractivity contribution in [1.82, 2.24) is 0 Å². The van der Waals surface area contributed by atoms with Crippen LogP contribution in [0.15, 0.2) is 51.7 Å². The number of amides is 1. The van der Waals surface area contributed by atoms with Gasteiger partial charge in [-0.15, -0.1) is 0 Å². The number of primary amides is 1. The molecule has 0 radical (unpaired) electrons. The van der Waals surface area contributed by atoms with Gasteiger partial charge in [-0.2, -0.15) is 0 Å². The van der Waals surface area contributed by atoms with Crippen molar-refractivity contribution in [3.8, 4) is 5.75 Å². The highest BCUT2D eigenvalue weighted by Gasteiger charge is 2.11. The molecule has 1 heterocycles. The molecule has 25 heavy (non-hydrogen) atoms. The number of carbonyl (C=O) groups is 1. The first-order valence-electron chi connectivity index (χ1n) is 7.42. The van der Waals surface area contributed by atoms with Gasteiger partial charge in [-0.1, -0.05) is 11.6 Å². The SMILES string of the molecule is COc1ccc2c(CNc3ccc(Cl)cc3C(N)=O)cc(=O)oc2c1. The third-order valence-corrected chi connectivity index (χ3v) is 3.99. The van der Waals surface area contributed by atoms with Gasteiger partial charge in [0.1, 0.15) is 11.3 Å². The summed E-state index contributed by atoms with van der Waals surface area (Å²) in [5.74, 6) is 0.00152. The molecule has 0 fully saturated rings. The molecule has 128 valence electrons. The van der Waals surface area contributed by atoms with Crippen molar-refractivity contribution in [2.45, 2.75) is 6.54 Å².